The lowest BCUT2D eigenvalue weighted by molar-refractivity contribution is 0.567. The lowest BCUT2D eigenvalue weighted by Gasteiger charge is -2.13. The third-order valence-electron chi connectivity index (χ3n) is 2.95. The number of hydrogen-bond acceptors (Lipinski definition) is 1. The van der Waals surface area contributed by atoms with Gasteiger partial charge in [0.15, 0.2) is 0 Å². The Balaban J connectivity index is 2.11. The minimum Gasteiger partial charge on any atom is -0.327 e. The molecule has 0 aliphatic carbocycles. The summed E-state index contributed by atoms with van der Waals surface area (Å²) in [7, 11) is 0. The Labute approximate surface area is 120 Å². The van der Waals surface area contributed by atoms with Gasteiger partial charge in [0.25, 0.3) is 0 Å². The van der Waals surface area contributed by atoms with Crippen LogP contribution in [0.2, 0.25) is 5.02 Å². The lowest BCUT2D eigenvalue weighted by Crippen LogP contribution is -2.26. The number of rotatable bonds is 4. The van der Waals surface area contributed by atoms with E-state index in [1.165, 1.54) is 24.3 Å². The maximum atomic E-state index is 13.6. The van der Waals surface area contributed by atoms with Crippen LogP contribution in [-0.4, -0.2) is 6.04 Å². The van der Waals surface area contributed by atoms with Gasteiger partial charge in [-0.1, -0.05) is 17.7 Å². The molecule has 0 saturated heterocycles. The van der Waals surface area contributed by atoms with Crippen LogP contribution < -0.4 is 5.73 Å². The molecule has 0 spiro atoms. The first kappa shape index (κ1) is 14.9. The monoisotopic (exact) mass is 299 g/mol. The SMILES string of the molecule is NC(Cc1cc(F)cc(F)c1)Cc1c(F)cccc1Cl. The first-order valence-corrected chi connectivity index (χ1v) is 6.47. The maximum absolute atomic E-state index is 13.6. The first-order chi connectivity index (χ1) is 9.45. The molecule has 2 aromatic rings. The van der Waals surface area contributed by atoms with Crippen LogP contribution in [0.1, 0.15) is 11.1 Å². The van der Waals surface area contributed by atoms with Crippen LogP contribution in [0.3, 0.4) is 0 Å². The molecular weight excluding hydrogens is 287 g/mol. The van der Waals surface area contributed by atoms with Gasteiger partial charge in [-0.2, -0.15) is 0 Å². The van der Waals surface area contributed by atoms with Gasteiger partial charge < -0.3 is 5.73 Å². The molecule has 20 heavy (non-hydrogen) atoms. The molecule has 0 saturated carbocycles. The lowest BCUT2D eigenvalue weighted by atomic mass is 9.99. The van der Waals surface area contributed by atoms with E-state index in [1.54, 1.807) is 6.07 Å². The summed E-state index contributed by atoms with van der Waals surface area (Å²) in [5, 5.41) is 0.297. The van der Waals surface area contributed by atoms with Crippen molar-refractivity contribution in [2.75, 3.05) is 0 Å². The second-order valence-electron chi connectivity index (χ2n) is 4.65. The molecule has 0 aromatic heterocycles. The Hall–Kier alpha value is -1.52. The van der Waals surface area contributed by atoms with E-state index in [-0.39, 0.29) is 12.8 Å². The van der Waals surface area contributed by atoms with Gasteiger partial charge in [-0.25, -0.2) is 13.2 Å². The van der Waals surface area contributed by atoms with Gasteiger partial charge >= 0.3 is 0 Å². The Kier molecular flexibility index (Phi) is 4.68. The fraction of sp³-hybridized carbons (Fsp3) is 0.200. The van der Waals surface area contributed by atoms with Crippen molar-refractivity contribution in [2.24, 2.45) is 5.73 Å². The molecule has 5 heteroatoms. The summed E-state index contributed by atoms with van der Waals surface area (Å²) < 4.78 is 39.8. The van der Waals surface area contributed by atoms with Gasteiger partial charge in [-0.3, -0.25) is 0 Å². The van der Waals surface area contributed by atoms with Crippen molar-refractivity contribution in [1.82, 2.24) is 0 Å². The van der Waals surface area contributed by atoms with E-state index in [1.807, 2.05) is 0 Å². The fourth-order valence-electron chi connectivity index (χ4n) is 2.09. The Morgan fingerprint density at radius 1 is 1.00 bits per heavy atom. The molecule has 0 bridgehead atoms. The highest BCUT2D eigenvalue weighted by molar-refractivity contribution is 6.31. The molecule has 1 unspecified atom stereocenters. The molecule has 2 aromatic carbocycles. The van der Waals surface area contributed by atoms with Crippen molar-refractivity contribution >= 4 is 11.6 Å². The summed E-state index contributed by atoms with van der Waals surface area (Å²) in [6.07, 6.45) is 0.434. The predicted octanol–water partition coefficient (Wildman–Crippen LogP) is 3.87. The summed E-state index contributed by atoms with van der Waals surface area (Å²) in [4.78, 5) is 0. The van der Waals surface area contributed by atoms with Gasteiger partial charge in [0.05, 0.1) is 0 Å². The molecular formula is C15H13ClF3N. The van der Waals surface area contributed by atoms with E-state index in [9.17, 15) is 13.2 Å². The van der Waals surface area contributed by atoms with E-state index in [0.717, 1.165) is 6.07 Å². The zero-order chi connectivity index (χ0) is 14.7. The van der Waals surface area contributed by atoms with Crippen LogP contribution in [0.4, 0.5) is 13.2 Å². The Morgan fingerprint density at radius 3 is 2.25 bits per heavy atom. The largest absolute Gasteiger partial charge is 0.327 e. The highest BCUT2D eigenvalue weighted by atomic mass is 35.5. The van der Waals surface area contributed by atoms with E-state index in [2.05, 4.69) is 0 Å². The topological polar surface area (TPSA) is 26.0 Å². The predicted molar refractivity (Wildman–Crippen MR) is 73.2 cm³/mol. The summed E-state index contributed by atoms with van der Waals surface area (Å²) in [6.45, 7) is 0. The summed E-state index contributed by atoms with van der Waals surface area (Å²) in [5.74, 6) is -1.74. The van der Waals surface area contributed by atoms with Crippen molar-refractivity contribution in [3.8, 4) is 0 Å². The standard InChI is InChI=1S/C15H13ClF3N/c16-14-2-1-3-15(19)13(14)8-12(20)6-9-4-10(17)7-11(18)5-9/h1-5,7,12H,6,8,20H2. The fourth-order valence-corrected chi connectivity index (χ4v) is 2.33. The van der Waals surface area contributed by atoms with Crippen LogP contribution in [0.15, 0.2) is 36.4 Å². The van der Waals surface area contributed by atoms with Crippen LogP contribution in [0.25, 0.3) is 0 Å². The Bertz CT molecular complexity index is 576. The molecule has 106 valence electrons. The summed E-state index contributed by atoms with van der Waals surface area (Å²) >= 11 is 5.91. The highest BCUT2D eigenvalue weighted by Gasteiger charge is 2.13. The van der Waals surface area contributed by atoms with E-state index in [4.69, 9.17) is 17.3 Å². The van der Waals surface area contributed by atoms with Gasteiger partial charge in [0.1, 0.15) is 17.5 Å². The third kappa shape index (κ3) is 3.74. The van der Waals surface area contributed by atoms with Crippen molar-refractivity contribution in [3.63, 3.8) is 0 Å². The van der Waals surface area contributed by atoms with Crippen LogP contribution in [0, 0.1) is 17.5 Å². The van der Waals surface area contributed by atoms with Gasteiger partial charge in [-0.15, -0.1) is 0 Å². The van der Waals surface area contributed by atoms with Crippen molar-refractivity contribution < 1.29 is 13.2 Å². The maximum Gasteiger partial charge on any atom is 0.127 e. The average Bonchev–Trinajstić information content (AvgIpc) is 2.32. The molecule has 2 N–H and O–H groups in total. The molecule has 0 aliphatic rings. The zero-order valence-corrected chi connectivity index (χ0v) is 11.3. The molecule has 2 rings (SSSR count). The van der Waals surface area contributed by atoms with Crippen molar-refractivity contribution in [1.29, 1.82) is 0 Å². The molecule has 0 radical (unpaired) electrons. The molecule has 0 amide bonds. The molecule has 1 atom stereocenters. The quantitative estimate of drug-likeness (QED) is 0.911. The minimum atomic E-state index is -0.656. The van der Waals surface area contributed by atoms with Crippen LogP contribution in [-0.2, 0) is 12.8 Å². The van der Waals surface area contributed by atoms with Gasteiger partial charge in [-0.05, 0) is 42.7 Å². The average molecular weight is 300 g/mol. The number of nitrogens with two attached hydrogens (primary N) is 1. The van der Waals surface area contributed by atoms with Crippen LogP contribution in [0.5, 0.6) is 0 Å². The number of benzene rings is 2. The number of halogens is 4. The third-order valence-corrected chi connectivity index (χ3v) is 3.30. The van der Waals surface area contributed by atoms with E-state index in [0.29, 0.717) is 16.1 Å². The molecule has 0 fully saturated rings. The van der Waals surface area contributed by atoms with E-state index >= 15 is 0 Å². The van der Waals surface area contributed by atoms with Crippen molar-refractivity contribution in [2.45, 2.75) is 18.9 Å². The number of hydrogen-bond donors (Lipinski definition) is 1. The molecule has 0 heterocycles. The van der Waals surface area contributed by atoms with Gasteiger partial charge in [0.2, 0.25) is 0 Å². The summed E-state index contributed by atoms with van der Waals surface area (Å²) in [6, 6.07) is 7.13. The van der Waals surface area contributed by atoms with Crippen molar-refractivity contribution in [3.05, 3.63) is 70.0 Å². The summed E-state index contributed by atoms with van der Waals surface area (Å²) in [5.41, 5.74) is 6.66. The Morgan fingerprint density at radius 2 is 1.65 bits per heavy atom. The second-order valence-corrected chi connectivity index (χ2v) is 5.05. The smallest absolute Gasteiger partial charge is 0.127 e. The van der Waals surface area contributed by atoms with Gasteiger partial charge in [0, 0.05) is 22.7 Å². The minimum absolute atomic E-state index is 0.198. The van der Waals surface area contributed by atoms with E-state index < -0.39 is 23.5 Å². The van der Waals surface area contributed by atoms with Crippen LogP contribution >= 0.6 is 11.6 Å². The zero-order valence-electron chi connectivity index (χ0n) is 10.5. The molecule has 0 aliphatic heterocycles. The normalized spacial score (nSPS) is 12.4. The molecule has 1 nitrogen and oxygen atoms in total. The highest BCUT2D eigenvalue weighted by Crippen LogP contribution is 2.21. The second kappa shape index (κ2) is 6.29. The first-order valence-electron chi connectivity index (χ1n) is 6.09.